The second-order valence-corrected chi connectivity index (χ2v) is 6.12. The zero-order valence-electron chi connectivity index (χ0n) is 13.4. The number of rotatable bonds is 0. The largest absolute Gasteiger partial charge is 0.352 e. The van der Waals surface area contributed by atoms with Gasteiger partial charge in [0.05, 0.1) is 11.4 Å². The van der Waals surface area contributed by atoms with Gasteiger partial charge in [0.2, 0.25) is 0 Å². The van der Waals surface area contributed by atoms with Crippen LogP contribution in [0.4, 0.5) is 15.8 Å². The van der Waals surface area contributed by atoms with E-state index in [1.165, 1.54) is 12.1 Å². The van der Waals surface area contributed by atoms with Crippen molar-refractivity contribution in [1.82, 2.24) is 14.5 Å². The predicted molar refractivity (Wildman–Crippen MR) is 89.9 cm³/mol. The lowest BCUT2D eigenvalue weighted by Gasteiger charge is -2.34. The molecule has 0 unspecified atom stereocenters. The molecule has 0 N–H and O–H groups in total. The Kier molecular flexibility index (Phi) is 3.34. The van der Waals surface area contributed by atoms with E-state index in [4.69, 9.17) is 4.99 Å². The first-order chi connectivity index (χ1) is 11.1. The second-order valence-electron chi connectivity index (χ2n) is 6.12. The summed E-state index contributed by atoms with van der Waals surface area (Å²) in [7, 11) is 4.11. The molecule has 4 rings (SSSR count). The Labute approximate surface area is 135 Å². The van der Waals surface area contributed by atoms with E-state index in [9.17, 15) is 4.39 Å². The van der Waals surface area contributed by atoms with Crippen molar-refractivity contribution in [3.05, 3.63) is 48.0 Å². The molecular formula is C17H20FN5. The first kappa shape index (κ1) is 14.3. The molecule has 0 radical (unpaired) electrons. The number of fused-ring (bicyclic) bond motifs is 2. The summed E-state index contributed by atoms with van der Waals surface area (Å²) in [6, 6.07) is 8.86. The number of aliphatic imine (C=N–C) groups is 1. The Bertz CT molecular complexity index is 758. The summed E-state index contributed by atoms with van der Waals surface area (Å²) in [5, 5.41) is 2.01. The van der Waals surface area contributed by atoms with Gasteiger partial charge in [-0.1, -0.05) is 0 Å². The number of nitrogens with zero attached hydrogens (tertiary/aromatic N) is 5. The van der Waals surface area contributed by atoms with Gasteiger partial charge in [-0.3, -0.25) is 9.69 Å². The third kappa shape index (κ3) is 2.39. The van der Waals surface area contributed by atoms with Crippen LogP contribution in [0.25, 0.3) is 0 Å². The minimum absolute atomic E-state index is 0.259. The molecule has 1 saturated heterocycles. The van der Waals surface area contributed by atoms with Gasteiger partial charge in [-0.2, -0.15) is 0 Å². The number of anilines is 1. The van der Waals surface area contributed by atoms with E-state index in [1.807, 2.05) is 24.3 Å². The van der Waals surface area contributed by atoms with Crippen LogP contribution in [0.15, 0.2) is 41.5 Å². The van der Waals surface area contributed by atoms with E-state index in [0.717, 1.165) is 43.4 Å². The maximum absolute atomic E-state index is 13.7. The number of halogens is 1. The van der Waals surface area contributed by atoms with Crippen molar-refractivity contribution in [3.63, 3.8) is 0 Å². The second kappa shape index (κ2) is 5.38. The lowest BCUT2D eigenvalue weighted by molar-refractivity contribution is 0.215. The number of hydrogen-bond donors (Lipinski definition) is 0. The van der Waals surface area contributed by atoms with Crippen LogP contribution in [-0.4, -0.2) is 60.6 Å². The molecule has 0 spiro atoms. The monoisotopic (exact) mass is 313 g/mol. The molecule has 2 aromatic rings. The van der Waals surface area contributed by atoms with Crippen molar-refractivity contribution in [1.29, 1.82) is 0 Å². The highest BCUT2D eigenvalue weighted by Crippen LogP contribution is 2.33. The first-order valence-corrected chi connectivity index (χ1v) is 7.87. The van der Waals surface area contributed by atoms with Gasteiger partial charge >= 0.3 is 0 Å². The highest BCUT2D eigenvalue weighted by molar-refractivity contribution is 6.01. The quantitative estimate of drug-likeness (QED) is 0.746. The maximum Gasteiger partial charge on any atom is 0.155 e. The fraction of sp³-hybridized carbons (Fsp3) is 0.353. The minimum atomic E-state index is -0.259. The van der Waals surface area contributed by atoms with Crippen LogP contribution >= 0.6 is 0 Å². The van der Waals surface area contributed by atoms with E-state index in [-0.39, 0.29) is 5.82 Å². The Morgan fingerprint density at radius 2 is 1.83 bits per heavy atom. The number of hydrogen-bond acceptors (Lipinski definition) is 4. The number of piperazine rings is 1. The number of aromatic nitrogens is 1. The molecule has 0 saturated carbocycles. The van der Waals surface area contributed by atoms with E-state index >= 15 is 0 Å². The molecule has 0 aliphatic carbocycles. The molecule has 1 aromatic heterocycles. The number of benzene rings is 1. The number of likely N-dealkylation sites (N-methyl/N-ethyl adjacent to an activating group) is 1. The van der Waals surface area contributed by atoms with Crippen LogP contribution in [0.1, 0.15) is 5.69 Å². The summed E-state index contributed by atoms with van der Waals surface area (Å²) in [5.74, 6) is 0.657. The van der Waals surface area contributed by atoms with Crippen LogP contribution in [0.2, 0.25) is 0 Å². The van der Waals surface area contributed by atoms with Crippen molar-refractivity contribution in [2.24, 2.45) is 4.99 Å². The van der Waals surface area contributed by atoms with Crippen molar-refractivity contribution in [2.75, 3.05) is 45.3 Å². The third-order valence-corrected chi connectivity index (χ3v) is 4.60. The molecule has 0 atom stereocenters. The minimum Gasteiger partial charge on any atom is -0.352 e. The third-order valence-electron chi connectivity index (χ3n) is 4.60. The van der Waals surface area contributed by atoms with Crippen LogP contribution < -0.4 is 5.01 Å². The SMILES string of the molecule is CN1CCN(C2=Nc3cc(F)ccc3N(C)n3cccc32)CC1. The molecule has 0 bridgehead atoms. The highest BCUT2D eigenvalue weighted by atomic mass is 19.1. The summed E-state index contributed by atoms with van der Waals surface area (Å²) < 4.78 is 15.8. The topological polar surface area (TPSA) is 27.0 Å². The van der Waals surface area contributed by atoms with Gasteiger partial charge in [0.25, 0.3) is 0 Å². The van der Waals surface area contributed by atoms with Crippen LogP contribution in [-0.2, 0) is 0 Å². The molecule has 1 fully saturated rings. The average Bonchev–Trinajstić information content (AvgIpc) is 2.98. The fourth-order valence-corrected chi connectivity index (χ4v) is 3.21. The number of amidine groups is 1. The highest BCUT2D eigenvalue weighted by Gasteiger charge is 2.25. The molecule has 2 aliphatic heterocycles. The molecule has 6 heteroatoms. The zero-order valence-corrected chi connectivity index (χ0v) is 13.4. The Hall–Kier alpha value is -2.34. The lowest BCUT2D eigenvalue weighted by atomic mass is 10.2. The standard InChI is InChI=1S/C17H20FN5/c1-20-8-10-22(11-9-20)17-16-4-3-7-23(16)21(2)15-6-5-13(18)12-14(15)19-17/h3-7,12H,8-11H2,1-2H3. The Morgan fingerprint density at radius 1 is 1.04 bits per heavy atom. The van der Waals surface area contributed by atoms with Gasteiger partial charge in [-0.05, 0) is 31.3 Å². The van der Waals surface area contributed by atoms with E-state index in [2.05, 4.69) is 27.6 Å². The summed E-state index contributed by atoms with van der Waals surface area (Å²) in [6.45, 7) is 3.86. The van der Waals surface area contributed by atoms with Gasteiger partial charge in [0.1, 0.15) is 11.5 Å². The van der Waals surface area contributed by atoms with Gasteiger partial charge in [0, 0.05) is 45.5 Å². The summed E-state index contributed by atoms with van der Waals surface area (Å²) in [5.41, 5.74) is 2.60. The maximum atomic E-state index is 13.7. The molecule has 120 valence electrons. The van der Waals surface area contributed by atoms with E-state index in [0.29, 0.717) is 5.69 Å². The van der Waals surface area contributed by atoms with Gasteiger partial charge in [-0.15, -0.1) is 0 Å². The summed E-state index contributed by atoms with van der Waals surface area (Å²) in [6.07, 6.45) is 2.01. The van der Waals surface area contributed by atoms with Crippen molar-refractivity contribution in [3.8, 4) is 0 Å². The average molecular weight is 313 g/mol. The van der Waals surface area contributed by atoms with Crippen molar-refractivity contribution < 1.29 is 4.39 Å². The summed E-state index contributed by atoms with van der Waals surface area (Å²) >= 11 is 0. The van der Waals surface area contributed by atoms with Crippen LogP contribution in [0.5, 0.6) is 0 Å². The molecule has 0 amide bonds. The zero-order chi connectivity index (χ0) is 16.0. The van der Waals surface area contributed by atoms with Crippen LogP contribution in [0.3, 0.4) is 0 Å². The molecule has 23 heavy (non-hydrogen) atoms. The molecule has 5 nitrogen and oxygen atoms in total. The lowest BCUT2D eigenvalue weighted by Crippen LogP contribution is -2.48. The Balaban J connectivity index is 1.84. The van der Waals surface area contributed by atoms with Gasteiger partial charge in [0.15, 0.2) is 5.84 Å². The Morgan fingerprint density at radius 3 is 2.61 bits per heavy atom. The molecular weight excluding hydrogens is 293 g/mol. The molecule has 2 aliphatic rings. The predicted octanol–water partition coefficient (Wildman–Crippen LogP) is 2.17. The van der Waals surface area contributed by atoms with Crippen molar-refractivity contribution >= 4 is 17.2 Å². The normalized spacial score (nSPS) is 18.3. The van der Waals surface area contributed by atoms with E-state index in [1.54, 1.807) is 6.07 Å². The fourth-order valence-electron chi connectivity index (χ4n) is 3.21. The van der Waals surface area contributed by atoms with Crippen molar-refractivity contribution in [2.45, 2.75) is 0 Å². The summed E-state index contributed by atoms with van der Waals surface area (Å²) in [4.78, 5) is 9.44. The van der Waals surface area contributed by atoms with Crippen LogP contribution in [0, 0.1) is 5.82 Å². The smallest absolute Gasteiger partial charge is 0.155 e. The van der Waals surface area contributed by atoms with E-state index < -0.39 is 0 Å². The molecule has 1 aromatic carbocycles. The first-order valence-electron chi connectivity index (χ1n) is 7.87. The van der Waals surface area contributed by atoms with Gasteiger partial charge < -0.3 is 9.80 Å². The van der Waals surface area contributed by atoms with Gasteiger partial charge in [-0.25, -0.2) is 9.38 Å². The molecule has 3 heterocycles.